The second-order valence-electron chi connectivity index (χ2n) is 6.77. The molecule has 0 spiro atoms. The van der Waals surface area contributed by atoms with Gasteiger partial charge in [-0.05, 0) is 33.3 Å². The third-order valence-electron chi connectivity index (χ3n) is 3.98. The molecule has 0 aliphatic rings. The van der Waals surface area contributed by atoms with Crippen molar-refractivity contribution in [2.45, 2.75) is 59.9 Å². The first-order chi connectivity index (χ1) is 12.5. The molecule has 0 saturated carbocycles. The van der Waals surface area contributed by atoms with Crippen LogP contribution in [0.1, 0.15) is 55.2 Å². The standard InChI is InChI=1S/C19H32N6S/c1-6-20-19(21-9-7-11-25-16(5)12-15(4)24-25)22-10-8-17-13-26-18(23-17)14(2)3/h12-14H,6-11H2,1-5H3,(H2,20,21,22). The van der Waals surface area contributed by atoms with Gasteiger partial charge in [-0.1, -0.05) is 13.8 Å². The van der Waals surface area contributed by atoms with Crippen LogP contribution in [0.25, 0.3) is 0 Å². The summed E-state index contributed by atoms with van der Waals surface area (Å²) in [6.45, 7) is 14.0. The fourth-order valence-corrected chi connectivity index (χ4v) is 3.54. The topological polar surface area (TPSA) is 67.1 Å². The smallest absolute Gasteiger partial charge is 0.191 e. The van der Waals surface area contributed by atoms with Crippen LogP contribution in [0.2, 0.25) is 0 Å². The van der Waals surface area contributed by atoms with Gasteiger partial charge < -0.3 is 10.6 Å². The molecule has 2 rings (SSSR count). The van der Waals surface area contributed by atoms with Gasteiger partial charge in [0.2, 0.25) is 0 Å². The van der Waals surface area contributed by atoms with Crippen LogP contribution in [0.5, 0.6) is 0 Å². The van der Waals surface area contributed by atoms with E-state index >= 15 is 0 Å². The Hall–Kier alpha value is -1.89. The summed E-state index contributed by atoms with van der Waals surface area (Å²) in [5, 5.41) is 14.6. The number of rotatable bonds is 9. The number of guanidine groups is 1. The van der Waals surface area contributed by atoms with Crippen molar-refractivity contribution < 1.29 is 0 Å². The minimum atomic E-state index is 0.503. The van der Waals surface area contributed by atoms with Gasteiger partial charge in [-0.15, -0.1) is 11.3 Å². The summed E-state index contributed by atoms with van der Waals surface area (Å²) >= 11 is 1.75. The predicted molar refractivity (Wildman–Crippen MR) is 110 cm³/mol. The first-order valence-corrected chi connectivity index (χ1v) is 10.3. The van der Waals surface area contributed by atoms with Gasteiger partial charge in [-0.3, -0.25) is 9.67 Å². The summed E-state index contributed by atoms with van der Waals surface area (Å²) in [4.78, 5) is 9.35. The highest BCUT2D eigenvalue weighted by molar-refractivity contribution is 7.09. The third-order valence-corrected chi connectivity index (χ3v) is 5.18. The number of nitrogens with one attached hydrogen (secondary N) is 2. The molecule has 6 nitrogen and oxygen atoms in total. The molecular weight excluding hydrogens is 344 g/mol. The Morgan fingerprint density at radius 2 is 2.12 bits per heavy atom. The molecule has 0 radical (unpaired) electrons. The van der Waals surface area contributed by atoms with Crippen LogP contribution < -0.4 is 10.6 Å². The van der Waals surface area contributed by atoms with Crippen molar-refractivity contribution in [2.24, 2.45) is 4.99 Å². The van der Waals surface area contributed by atoms with Gasteiger partial charge in [-0.2, -0.15) is 5.10 Å². The molecule has 2 aromatic rings. The molecule has 26 heavy (non-hydrogen) atoms. The van der Waals surface area contributed by atoms with Crippen LogP contribution >= 0.6 is 11.3 Å². The molecule has 2 heterocycles. The highest BCUT2D eigenvalue weighted by atomic mass is 32.1. The van der Waals surface area contributed by atoms with E-state index in [0.29, 0.717) is 5.92 Å². The van der Waals surface area contributed by atoms with Gasteiger partial charge in [0.25, 0.3) is 0 Å². The Bertz CT molecular complexity index is 701. The van der Waals surface area contributed by atoms with Crippen LogP contribution in [0.3, 0.4) is 0 Å². The summed E-state index contributed by atoms with van der Waals surface area (Å²) < 4.78 is 2.06. The largest absolute Gasteiger partial charge is 0.357 e. The molecule has 0 saturated heterocycles. The summed E-state index contributed by atoms with van der Waals surface area (Å²) in [6.07, 6.45) is 1.89. The summed E-state index contributed by atoms with van der Waals surface area (Å²) in [7, 11) is 0. The van der Waals surface area contributed by atoms with Crippen molar-refractivity contribution in [1.29, 1.82) is 0 Å². The van der Waals surface area contributed by atoms with Gasteiger partial charge in [0.15, 0.2) is 5.96 Å². The molecule has 0 amide bonds. The normalized spacial score (nSPS) is 12.0. The fraction of sp³-hybridized carbons (Fsp3) is 0.632. The molecule has 2 N–H and O–H groups in total. The Morgan fingerprint density at radius 1 is 1.31 bits per heavy atom. The van der Waals surface area contributed by atoms with Gasteiger partial charge in [0, 0.05) is 49.6 Å². The van der Waals surface area contributed by atoms with Gasteiger partial charge in [0.1, 0.15) is 0 Å². The van der Waals surface area contributed by atoms with Gasteiger partial charge in [0.05, 0.1) is 16.4 Å². The second-order valence-corrected chi connectivity index (χ2v) is 7.66. The fourth-order valence-electron chi connectivity index (χ4n) is 2.67. The number of aromatic nitrogens is 3. The Labute approximate surface area is 161 Å². The van der Waals surface area contributed by atoms with E-state index in [1.54, 1.807) is 11.3 Å². The minimum Gasteiger partial charge on any atom is -0.357 e. The molecule has 2 aromatic heterocycles. The van der Waals surface area contributed by atoms with E-state index in [1.807, 2.05) is 6.92 Å². The number of aliphatic imine (C=N–C) groups is 1. The number of hydrogen-bond donors (Lipinski definition) is 2. The van der Waals surface area contributed by atoms with Crippen molar-refractivity contribution in [3.05, 3.63) is 33.5 Å². The van der Waals surface area contributed by atoms with Gasteiger partial charge >= 0.3 is 0 Å². The van der Waals surface area contributed by atoms with Crippen molar-refractivity contribution in [1.82, 2.24) is 25.4 Å². The van der Waals surface area contributed by atoms with Crippen molar-refractivity contribution in [3.8, 4) is 0 Å². The van der Waals surface area contributed by atoms with E-state index in [0.717, 1.165) is 56.4 Å². The van der Waals surface area contributed by atoms with Gasteiger partial charge in [-0.25, -0.2) is 4.98 Å². The van der Waals surface area contributed by atoms with Crippen LogP contribution in [-0.4, -0.2) is 40.4 Å². The zero-order valence-corrected chi connectivity index (χ0v) is 17.5. The molecule has 0 aliphatic carbocycles. The molecule has 0 bridgehead atoms. The molecular formula is C19H32N6S. The van der Waals surface area contributed by atoms with E-state index in [9.17, 15) is 0 Å². The second kappa shape index (κ2) is 10.3. The predicted octanol–water partition coefficient (Wildman–Crippen LogP) is 3.27. The van der Waals surface area contributed by atoms with Crippen LogP contribution in [-0.2, 0) is 13.0 Å². The number of nitrogens with zero attached hydrogens (tertiary/aromatic N) is 4. The van der Waals surface area contributed by atoms with Crippen molar-refractivity contribution >= 4 is 17.3 Å². The maximum Gasteiger partial charge on any atom is 0.191 e. The zero-order chi connectivity index (χ0) is 18.9. The van der Waals surface area contributed by atoms with E-state index in [1.165, 1.54) is 10.7 Å². The van der Waals surface area contributed by atoms with Crippen molar-refractivity contribution in [3.63, 3.8) is 0 Å². The summed E-state index contributed by atoms with van der Waals surface area (Å²) in [5.41, 5.74) is 3.44. The Morgan fingerprint density at radius 3 is 2.73 bits per heavy atom. The Balaban J connectivity index is 1.75. The van der Waals surface area contributed by atoms with E-state index in [-0.39, 0.29) is 0 Å². The quantitative estimate of drug-likeness (QED) is 0.400. The van der Waals surface area contributed by atoms with Crippen molar-refractivity contribution in [2.75, 3.05) is 19.6 Å². The maximum absolute atomic E-state index is 4.68. The Kier molecular flexibility index (Phi) is 8.09. The summed E-state index contributed by atoms with van der Waals surface area (Å²) in [5.74, 6) is 1.38. The maximum atomic E-state index is 4.68. The summed E-state index contributed by atoms with van der Waals surface area (Å²) in [6, 6.07) is 2.11. The first kappa shape index (κ1) is 20.4. The lowest BCUT2D eigenvalue weighted by molar-refractivity contribution is 0.567. The minimum absolute atomic E-state index is 0.503. The molecule has 0 unspecified atom stereocenters. The zero-order valence-electron chi connectivity index (χ0n) is 16.7. The van der Waals surface area contributed by atoms with Crippen LogP contribution in [0.15, 0.2) is 16.4 Å². The van der Waals surface area contributed by atoms with E-state index in [2.05, 4.69) is 69.5 Å². The molecule has 0 fully saturated rings. The first-order valence-electron chi connectivity index (χ1n) is 9.47. The van der Waals surface area contributed by atoms with Crippen LogP contribution in [0.4, 0.5) is 0 Å². The average Bonchev–Trinajstić information content (AvgIpc) is 3.18. The third kappa shape index (κ3) is 6.44. The lowest BCUT2D eigenvalue weighted by Gasteiger charge is -2.11. The van der Waals surface area contributed by atoms with E-state index in [4.69, 9.17) is 0 Å². The monoisotopic (exact) mass is 376 g/mol. The number of hydrogen-bond acceptors (Lipinski definition) is 4. The molecule has 0 aliphatic heterocycles. The van der Waals surface area contributed by atoms with Crippen LogP contribution in [0, 0.1) is 13.8 Å². The lowest BCUT2D eigenvalue weighted by Crippen LogP contribution is -2.38. The number of thiazole rings is 1. The molecule has 0 atom stereocenters. The number of aryl methyl sites for hydroxylation is 3. The lowest BCUT2D eigenvalue weighted by atomic mass is 10.2. The molecule has 7 heteroatoms. The SMILES string of the molecule is CCNC(=NCCCn1nc(C)cc1C)NCCc1csc(C(C)C)n1. The molecule has 144 valence electrons. The molecule has 0 aromatic carbocycles. The average molecular weight is 377 g/mol. The highest BCUT2D eigenvalue weighted by Gasteiger charge is 2.06. The highest BCUT2D eigenvalue weighted by Crippen LogP contribution is 2.19. The van der Waals surface area contributed by atoms with E-state index < -0.39 is 0 Å².